The minimum absolute atomic E-state index is 0.0448. The SMILES string of the molecule is CCN1CCCCC1CNC(=O)C(C)N. The fraction of sp³-hybridized carbons (Fsp3) is 0.909. The van der Waals surface area contributed by atoms with Crippen molar-refractivity contribution in [2.45, 2.75) is 45.2 Å². The number of amides is 1. The van der Waals surface area contributed by atoms with Crippen LogP contribution in [0, 0.1) is 0 Å². The summed E-state index contributed by atoms with van der Waals surface area (Å²) in [4.78, 5) is 13.8. The summed E-state index contributed by atoms with van der Waals surface area (Å²) < 4.78 is 0. The molecule has 2 atom stereocenters. The molecule has 4 heteroatoms. The molecule has 1 amide bonds. The second kappa shape index (κ2) is 6.08. The van der Waals surface area contributed by atoms with Crippen molar-refractivity contribution in [3.63, 3.8) is 0 Å². The number of nitrogens with one attached hydrogen (secondary N) is 1. The molecule has 1 aliphatic heterocycles. The zero-order valence-electron chi connectivity index (χ0n) is 9.83. The molecule has 0 aliphatic carbocycles. The van der Waals surface area contributed by atoms with E-state index in [9.17, 15) is 4.79 Å². The lowest BCUT2D eigenvalue weighted by atomic mass is 10.0. The summed E-state index contributed by atoms with van der Waals surface area (Å²) in [6, 6.07) is 0.107. The van der Waals surface area contributed by atoms with Gasteiger partial charge in [-0.05, 0) is 32.9 Å². The zero-order valence-corrected chi connectivity index (χ0v) is 9.83. The number of rotatable bonds is 4. The number of hydrogen-bond donors (Lipinski definition) is 2. The Hall–Kier alpha value is -0.610. The Morgan fingerprint density at radius 1 is 1.60 bits per heavy atom. The van der Waals surface area contributed by atoms with Crippen molar-refractivity contribution in [1.29, 1.82) is 0 Å². The number of nitrogens with two attached hydrogens (primary N) is 1. The second-order valence-electron chi connectivity index (χ2n) is 4.31. The molecule has 1 saturated heterocycles. The van der Waals surface area contributed by atoms with E-state index in [4.69, 9.17) is 5.73 Å². The smallest absolute Gasteiger partial charge is 0.236 e. The average Bonchev–Trinajstić information content (AvgIpc) is 2.26. The van der Waals surface area contributed by atoms with Gasteiger partial charge in [0.15, 0.2) is 0 Å². The highest BCUT2D eigenvalue weighted by Gasteiger charge is 2.21. The van der Waals surface area contributed by atoms with E-state index in [1.54, 1.807) is 6.92 Å². The number of likely N-dealkylation sites (tertiary alicyclic amines) is 1. The first-order chi connectivity index (χ1) is 7.15. The average molecular weight is 213 g/mol. The molecular formula is C11H23N3O. The van der Waals surface area contributed by atoms with E-state index in [1.807, 2.05) is 0 Å². The Balaban J connectivity index is 2.32. The molecule has 15 heavy (non-hydrogen) atoms. The van der Waals surface area contributed by atoms with Crippen LogP contribution in [0.1, 0.15) is 33.1 Å². The van der Waals surface area contributed by atoms with Gasteiger partial charge in [0.25, 0.3) is 0 Å². The van der Waals surface area contributed by atoms with E-state index < -0.39 is 6.04 Å². The number of carbonyl (C=O) groups excluding carboxylic acids is 1. The molecule has 0 aromatic heterocycles. The first kappa shape index (κ1) is 12.5. The van der Waals surface area contributed by atoms with Gasteiger partial charge in [0.2, 0.25) is 5.91 Å². The summed E-state index contributed by atoms with van der Waals surface area (Å²) in [5.74, 6) is -0.0448. The predicted octanol–water partition coefficient (Wildman–Crippen LogP) is 0.324. The second-order valence-corrected chi connectivity index (χ2v) is 4.31. The molecule has 0 bridgehead atoms. The molecule has 1 heterocycles. The number of carbonyl (C=O) groups is 1. The maximum Gasteiger partial charge on any atom is 0.236 e. The van der Waals surface area contributed by atoms with E-state index in [0.717, 1.165) is 19.6 Å². The van der Waals surface area contributed by atoms with Gasteiger partial charge >= 0.3 is 0 Å². The summed E-state index contributed by atoms with van der Waals surface area (Å²) in [6.07, 6.45) is 3.74. The monoisotopic (exact) mass is 213 g/mol. The van der Waals surface area contributed by atoms with Crippen LogP contribution in [0.15, 0.2) is 0 Å². The standard InChI is InChI=1S/C11H23N3O/c1-3-14-7-5-4-6-10(14)8-13-11(15)9(2)12/h9-10H,3-8,12H2,1-2H3,(H,13,15). The summed E-state index contributed by atoms with van der Waals surface area (Å²) >= 11 is 0. The summed E-state index contributed by atoms with van der Waals surface area (Å²) in [5, 5.41) is 2.91. The molecule has 4 nitrogen and oxygen atoms in total. The molecule has 1 rings (SSSR count). The molecule has 0 aromatic carbocycles. The first-order valence-corrected chi connectivity index (χ1v) is 5.92. The van der Waals surface area contributed by atoms with Gasteiger partial charge in [0.05, 0.1) is 6.04 Å². The van der Waals surface area contributed by atoms with Gasteiger partial charge in [-0.1, -0.05) is 13.3 Å². The highest BCUT2D eigenvalue weighted by Crippen LogP contribution is 2.15. The van der Waals surface area contributed by atoms with E-state index in [-0.39, 0.29) is 5.91 Å². The lowest BCUT2D eigenvalue weighted by Crippen LogP contribution is -2.49. The van der Waals surface area contributed by atoms with Crippen LogP contribution >= 0.6 is 0 Å². The predicted molar refractivity (Wildman–Crippen MR) is 61.5 cm³/mol. The largest absolute Gasteiger partial charge is 0.353 e. The third kappa shape index (κ3) is 3.80. The fourth-order valence-electron chi connectivity index (χ4n) is 2.09. The van der Waals surface area contributed by atoms with Crippen LogP contribution in [0.2, 0.25) is 0 Å². The molecule has 0 radical (unpaired) electrons. The van der Waals surface area contributed by atoms with Crippen LogP contribution in [0.25, 0.3) is 0 Å². The molecule has 3 N–H and O–H groups in total. The Morgan fingerprint density at radius 3 is 2.93 bits per heavy atom. The van der Waals surface area contributed by atoms with Crippen molar-refractivity contribution >= 4 is 5.91 Å². The lowest BCUT2D eigenvalue weighted by Gasteiger charge is -2.35. The van der Waals surface area contributed by atoms with Gasteiger partial charge in [-0.25, -0.2) is 0 Å². The molecule has 0 saturated carbocycles. The van der Waals surface area contributed by atoms with Crippen LogP contribution in [0.5, 0.6) is 0 Å². The van der Waals surface area contributed by atoms with Crippen LogP contribution < -0.4 is 11.1 Å². The highest BCUT2D eigenvalue weighted by atomic mass is 16.2. The maximum atomic E-state index is 11.3. The van der Waals surface area contributed by atoms with Gasteiger partial charge in [-0.15, -0.1) is 0 Å². The summed E-state index contributed by atoms with van der Waals surface area (Å²) in [5.41, 5.74) is 5.49. The summed E-state index contributed by atoms with van der Waals surface area (Å²) in [6.45, 7) is 6.86. The third-order valence-corrected chi connectivity index (χ3v) is 3.08. The Bertz CT molecular complexity index is 206. The Kier molecular flexibility index (Phi) is 5.05. The molecule has 1 aliphatic rings. The molecular weight excluding hydrogens is 190 g/mol. The van der Waals surface area contributed by atoms with E-state index in [0.29, 0.717) is 6.04 Å². The first-order valence-electron chi connectivity index (χ1n) is 5.92. The van der Waals surface area contributed by atoms with Crippen molar-refractivity contribution in [1.82, 2.24) is 10.2 Å². The molecule has 0 spiro atoms. The van der Waals surface area contributed by atoms with Crippen molar-refractivity contribution < 1.29 is 4.79 Å². The zero-order chi connectivity index (χ0) is 11.3. The van der Waals surface area contributed by atoms with E-state index in [1.165, 1.54) is 19.3 Å². The minimum atomic E-state index is -0.399. The van der Waals surface area contributed by atoms with Gasteiger partial charge in [0.1, 0.15) is 0 Å². The van der Waals surface area contributed by atoms with E-state index in [2.05, 4.69) is 17.1 Å². The van der Waals surface area contributed by atoms with Crippen molar-refractivity contribution in [2.75, 3.05) is 19.6 Å². The molecule has 1 fully saturated rings. The molecule has 0 aromatic rings. The van der Waals surface area contributed by atoms with Crippen molar-refractivity contribution in [3.05, 3.63) is 0 Å². The van der Waals surface area contributed by atoms with Gasteiger partial charge in [-0.2, -0.15) is 0 Å². The van der Waals surface area contributed by atoms with Crippen LogP contribution in [-0.2, 0) is 4.79 Å². The molecule has 88 valence electrons. The maximum absolute atomic E-state index is 11.3. The summed E-state index contributed by atoms with van der Waals surface area (Å²) in [7, 11) is 0. The Morgan fingerprint density at radius 2 is 2.33 bits per heavy atom. The fourth-order valence-corrected chi connectivity index (χ4v) is 2.09. The minimum Gasteiger partial charge on any atom is -0.353 e. The van der Waals surface area contributed by atoms with Gasteiger partial charge < -0.3 is 11.1 Å². The van der Waals surface area contributed by atoms with Crippen molar-refractivity contribution in [3.8, 4) is 0 Å². The lowest BCUT2D eigenvalue weighted by molar-refractivity contribution is -0.122. The molecule has 2 unspecified atom stereocenters. The van der Waals surface area contributed by atoms with Crippen molar-refractivity contribution in [2.24, 2.45) is 5.73 Å². The van der Waals surface area contributed by atoms with Crippen LogP contribution in [0.4, 0.5) is 0 Å². The Labute approximate surface area is 92.2 Å². The van der Waals surface area contributed by atoms with Gasteiger partial charge in [-0.3, -0.25) is 9.69 Å². The number of hydrogen-bond acceptors (Lipinski definition) is 3. The third-order valence-electron chi connectivity index (χ3n) is 3.08. The van der Waals surface area contributed by atoms with Gasteiger partial charge in [0, 0.05) is 12.6 Å². The van der Waals surface area contributed by atoms with Crippen LogP contribution in [-0.4, -0.2) is 42.5 Å². The van der Waals surface area contributed by atoms with Crippen LogP contribution in [0.3, 0.4) is 0 Å². The highest BCUT2D eigenvalue weighted by molar-refractivity contribution is 5.80. The topological polar surface area (TPSA) is 58.4 Å². The normalized spacial score (nSPS) is 24.9. The number of likely N-dealkylation sites (N-methyl/N-ethyl adjacent to an activating group) is 1. The van der Waals surface area contributed by atoms with E-state index >= 15 is 0 Å². The number of piperidine rings is 1. The number of nitrogens with zero attached hydrogens (tertiary/aromatic N) is 1. The quantitative estimate of drug-likeness (QED) is 0.707.